The highest BCUT2D eigenvalue weighted by atomic mass is 19.1. The van der Waals surface area contributed by atoms with Gasteiger partial charge in [-0.15, -0.1) is 0 Å². The van der Waals surface area contributed by atoms with Gasteiger partial charge >= 0.3 is 5.97 Å². The van der Waals surface area contributed by atoms with Crippen molar-refractivity contribution in [1.82, 2.24) is 10.6 Å². The van der Waals surface area contributed by atoms with E-state index in [4.69, 9.17) is 0 Å². The smallest absolute Gasteiger partial charge is 0.326 e. The molecule has 2 amide bonds. The highest BCUT2D eigenvalue weighted by molar-refractivity contribution is 5.90. The summed E-state index contributed by atoms with van der Waals surface area (Å²) in [7, 11) is 0. The van der Waals surface area contributed by atoms with Crippen molar-refractivity contribution in [2.45, 2.75) is 31.8 Å². The largest absolute Gasteiger partial charge is 0.480 e. The highest BCUT2D eigenvalue weighted by Gasteiger charge is 2.26. The van der Waals surface area contributed by atoms with Crippen molar-refractivity contribution in [3.8, 4) is 0 Å². The van der Waals surface area contributed by atoms with Crippen LogP contribution in [0.1, 0.15) is 18.1 Å². The molecule has 0 saturated carbocycles. The number of carboxylic acid groups (broad SMARTS) is 1. The normalized spacial score (nSPS) is 12.7. The molecule has 2 aromatic carbocycles. The van der Waals surface area contributed by atoms with Crippen molar-refractivity contribution in [2.75, 3.05) is 0 Å². The average Bonchev–Trinajstić information content (AvgIpc) is 2.61. The highest BCUT2D eigenvalue weighted by Crippen LogP contribution is 2.08. The zero-order valence-corrected chi connectivity index (χ0v) is 14.8. The summed E-state index contributed by atoms with van der Waals surface area (Å²) in [6.07, 6.45) is 0.148. The van der Waals surface area contributed by atoms with E-state index in [1.165, 1.54) is 25.1 Å². The molecule has 0 unspecified atom stereocenters. The second-order valence-electron chi connectivity index (χ2n) is 6.18. The van der Waals surface area contributed by atoms with Gasteiger partial charge < -0.3 is 15.7 Å². The van der Waals surface area contributed by atoms with Crippen LogP contribution < -0.4 is 10.6 Å². The summed E-state index contributed by atoms with van der Waals surface area (Å²) >= 11 is 0. The van der Waals surface area contributed by atoms with Gasteiger partial charge in [-0.05, 0) is 23.3 Å². The molecule has 3 N–H and O–H groups in total. The van der Waals surface area contributed by atoms with Gasteiger partial charge in [0.1, 0.15) is 17.9 Å². The third kappa shape index (κ3) is 6.54. The molecule has 0 spiro atoms. The van der Waals surface area contributed by atoms with Crippen molar-refractivity contribution in [1.29, 1.82) is 0 Å². The number of rotatable bonds is 8. The summed E-state index contributed by atoms with van der Waals surface area (Å²) in [6, 6.07) is 12.4. The predicted molar refractivity (Wildman–Crippen MR) is 97.4 cm³/mol. The van der Waals surface area contributed by atoms with Crippen LogP contribution in [0.25, 0.3) is 0 Å². The van der Waals surface area contributed by atoms with E-state index in [2.05, 4.69) is 10.6 Å². The fraction of sp³-hybridized carbons (Fsp3) is 0.250. The van der Waals surface area contributed by atoms with Crippen LogP contribution in [0.5, 0.6) is 0 Å². The Hall–Kier alpha value is -3.22. The lowest BCUT2D eigenvalue weighted by Crippen LogP contribution is -2.52. The lowest BCUT2D eigenvalue weighted by molar-refractivity contribution is -0.142. The molecule has 0 fully saturated rings. The van der Waals surface area contributed by atoms with E-state index in [1.54, 1.807) is 30.3 Å². The van der Waals surface area contributed by atoms with Crippen molar-refractivity contribution in [2.24, 2.45) is 0 Å². The van der Waals surface area contributed by atoms with E-state index in [9.17, 15) is 23.9 Å². The maximum Gasteiger partial charge on any atom is 0.326 e. The van der Waals surface area contributed by atoms with Gasteiger partial charge in [0.2, 0.25) is 11.8 Å². The topological polar surface area (TPSA) is 95.5 Å². The van der Waals surface area contributed by atoms with Gasteiger partial charge in [0.25, 0.3) is 0 Å². The summed E-state index contributed by atoms with van der Waals surface area (Å²) < 4.78 is 13.4. The molecular weight excluding hydrogens is 351 g/mol. The first-order valence-corrected chi connectivity index (χ1v) is 8.44. The molecule has 0 aliphatic carbocycles. The molecule has 0 aromatic heterocycles. The predicted octanol–water partition coefficient (Wildman–Crippen LogP) is 1.68. The zero-order chi connectivity index (χ0) is 19.8. The molecule has 2 aromatic rings. The first-order valence-electron chi connectivity index (χ1n) is 8.44. The number of carbonyl (C=O) groups is 3. The summed E-state index contributed by atoms with van der Waals surface area (Å²) in [5.41, 5.74) is 1.27. The zero-order valence-electron chi connectivity index (χ0n) is 14.8. The molecule has 7 heteroatoms. The molecule has 2 atom stereocenters. The maximum atomic E-state index is 13.4. The first-order chi connectivity index (χ1) is 12.8. The molecule has 0 aliphatic heterocycles. The average molecular weight is 372 g/mol. The van der Waals surface area contributed by atoms with Crippen LogP contribution in [0.2, 0.25) is 0 Å². The van der Waals surface area contributed by atoms with E-state index >= 15 is 0 Å². The van der Waals surface area contributed by atoms with Crippen LogP contribution in [0.15, 0.2) is 54.6 Å². The molecule has 142 valence electrons. The number of hydrogen-bond acceptors (Lipinski definition) is 3. The number of carbonyl (C=O) groups excluding carboxylic acids is 2. The Labute approximate surface area is 156 Å². The van der Waals surface area contributed by atoms with Gasteiger partial charge in [-0.2, -0.15) is 0 Å². The Balaban J connectivity index is 2.12. The third-order valence-electron chi connectivity index (χ3n) is 3.92. The van der Waals surface area contributed by atoms with Crippen LogP contribution in [0, 0.1) is 5.82 Å². The number of nitrogens with one attached hydrogen (secondary N) is 2. The Kier molecular flexibility index (Phi) is 7.05. The number of amides is 2. The van der Waals surface area contributed by atoms with Gasteiger partial charge in [-0.1, -0.05) is 42.5 Å². The Morgan fingerprint density at radius 3 is 2.15 bits per heavy atom. The number of aliphatic carboxylic acids is 1. The SMILES string of the molecule is CC(=O)N[C@@H](Cc1cccc(F)c1)C(=O)N[C@H](Cc1ccccc1)C(=O)O. The fourth-order valence-electron chi connectivity index (χ4n) is 2.68. The molecular formula is C20H21FN2O4. The molecule has 6 nitrogen and oxygen atoms in total. The maximum absolute atomic E-state index is 13.4. The van der Waals surface area contributed by atoms with Crippen LogP contribution >= 0.6 is 0 Å². The van der Waals surface area contributed by atoms with Gasteiger partial charge in [0.15, 0.2) is 0 Å². The lowest BCUT2D eigenvalue weighted by atomic mass is 10.0. The van der Waals surface area contributed by atoms with Crippen LogP contribution in [-0.2, 0) is 27.2 Å². The summed E-state index contributed by atoms with van der Waals surface area (Å²) in [6.45, 7) is 1.25. The van der Waals surface area contributed by atoms with Crippen molar-refractivity contribution in [3.05, 3.63) is 71.5 Å². The summed E-state index contributed by atoms with van der Waals surface area (Å²) in [5.74, 6) is -2.72. The number of halogens is 1. The molecule has 27 heavy (non-hydrogen) atoms. The van der Waals surface area contributed by atoms with E-state index in [1.807, 2.05) is 6.07 Å². The minimum Gasteiger partial charge on any atom is -0.480 e. The Bertz CT molecular complexity index is 811. The number of benzene rings is 2. The second kappa shape index (κ2) is 9.47. The number of hydrogen-bond donors (Lipinski definition) is 3. The molecule has 0 saturated heterocycles. The standard InChI is InChI=1S/C20H21FN2O4/c1-13(24)22-17(12-15-8-5-9-16(21)10-15)19(25)23-18(20(26)27)11-14-6-3-2-4-7-14/h2-10,17-18H,11-12H2,1H3,(H,22,24)(H,23,25)(H,26,27)/t17-,18+/m0/s1. The Morgan fingerprint density at radius 1 is 0.926 bits per heavy atom. The van der Waals surface area contributed by atoms with Crippen LogP contribution in [0.3, 0.4) is 0 Å². The first kappa shape index (κ1) is 20.1. The van der Waals surface area contributed by atoms with Crippen LogP contribution in [0.4, 0.5) is 4.39 Å². The van der Waals surface area contributed by atoms with Crippen LogP contribution in [-0.4, -0.2) is 35.0 Å². The van der Waals surface area contributed by atoms with Gasteiger partial charge in [-0.25, -0.2) is 9.18 Å². The van der Waals surface area contributed by atoms with E-state index in [0.29, 0.717) is 5.56 Å². The van der Waals surface area contributed by atoms with E-state index in [0.717, 1.165) is 5.56 Å². The minimum absolute atomic E-state index is 0.0425. The molecule has 0 aliphatic rings. The molecule has 2 rings (SSSR count). The summed E-state index contributed by atoms with van der Waals surface area (Å²) in [5, 5.41) is 14.4. The second-order valence-corrected chi connectivity index (χ2v) is 6.18. The van der Waals surface area contributed by atoms with Crippen molar-refractivity contribution < 1.29 is 23.9 Å². The van der Waals surface area contributed by atoms with Gasteiger partial charge in [0, 0.05) is 19.8 Å². The molecule has 0 radical (unpaired) electrons. The fourth-order valence-corrected chi connectivity index (χ4v) is 2.68. The van der Waals surface area contributed by atoms with Gasteiger partial charge in [0.05, 0.1) is 0 Å². The lowest BCUT2D eigenvalue weighted by Gasteiger charge is -2.21. The molecule has 0 bridgehead atoms. The third-order valence-corrected chi connectivity index (χ3v) is 3.92. The van der Waals surface area contributed by atoms with Crippen molar-refractivity contribution in [3.63, 3.8) is 0 Å². The summed E-state index contributed by atoms with van der Waals surface area (Å²) in [4.78, 5) is 35.6. The quantitative estimate of drug-likeness (QED) is 0.657. The van der Waals surface area contributed by atoms with Gasteiger partial charge in [-0.3, -0.25) is 9.59 Å². The molecule has 0 heterocycles. The van der Waals surface area contributed by atoms with E-state index < -0.39 is 35.7 Å². The minimum atomic E-state index is -1.18. The monoisotopic (exact) mass is 372 g/mol. The number of carboxylic acids is 1. The van der Waals surface area contributed by atoms with Crippen molar-refractivity contribution >= 4 is 17.8 Å². The Morgan fingerprint density at radius 2 is 1.56 bits per heavy atom. The van der Waals surface area contributed by atoms with E-state index in [-0.39, 0.29) is 12.8 Å².